The Balaban J connectivity index is 2.46. The third-order valence-electron chi connectivity index (χ3n) is 2.92. The minimum atomic E-state index is -0.556. The summed E-state index contributed by atoms with van der Waals surface area (Å²) in [4.78, 5) is 0. The summed E-state index contributed by atoms with van der Waals surface area (Å²) >= 11 is 5.64. The molecule has 0 spiro atoms. The average molecular weight is 289 g/mol. The molecule has 106 valence electrons. The van der Waals surface area contributed by atoms with E-state index in [0.29, 0.717) is 19.4 Å². The second-order valence-corrected chi connectivity index (χ2v) is 5.28. The van der Waals surface area contributed by atoms with Crippen molar-refractivity contribution in [3.63, 3.8) is 0 Å². The standard InChI is InChI=1S/C13H18ClFN2O2/c1-13(2,12(16)17-18)7-4-8-19-10-6-3-5-9(14)11(10)15/h3,5-6,18H,4,7-8H2,1-2H3,(H2,16,17). The maximum absolute atomic E-state index is 13.5. The number of nitrogens with zero attached hydrogens (tertiary/aromatic N) is 1. The van der Waals surface area contributed by atoms with E-state index in [-0.39, 0.29) is 16.6 Å². The van der Waals surface area contributed by atoms with E-state index in [1.54, 1.807) is 6.07 Å². The van der Waals surface area contributed by atoms with Crippen LogP contribution < -0.4 is 10.5 Å². The predicted molar refractivity (Wildman–Crippen MR) is 73.3 cm³/mol. The zero-order chi connectivity index (χ0) is 14.5. The van der Waals surface area contributed by atoms with Crippen LogP contribution in [0.4, 0.5) is 4.39 Å². The molecule has 4 nitrogen and oxygen atoms in total. The SMILES string of the molecule is CC(C)(CCCOc1cccc(Cl)c1F)/C(N)=N/O. The normalized spacial score (nSPS) is 12.5. The van der Waals surface area contributed by atoms with Crippen LogP contribution in [0.5, 0.6) is 5.75 Å². The third-order valence-corrected chi connectivity index (χ3v) is 3.21. The molecule has 0 bridgehead atoms. The van der Waals surface area contributed by atoms with Crippen molar-refractivity contribution in [3.05, 3.63) is 29.0 Å². The molecule has 0 aromatic heterocycles. The highest BCUT2D eigenvalue weighted by Gasteiger charge is 2.23. The lowest BCUT2D eigenvalue weighted by Crippen LogP contribution is -2.32. The summed E-state index contributed by atoms with van der Waals surface area (Å²) in [5, 5.41) is 11.7. The van der Waals surface area contributed by atoms with Gasteiger partial charge in [-0.25, -0.2) is 4.39 Å². The van der Waals surface area contributed by atoms with Crippen LogP contribution in [-0.2, 0) is 0 Å². The van der Waals surface area contributed by atoms with Crippen molar-refractivity contribution in [1.82, 2.24) is 0 Å². The number of benzene rings is 1. The topological polar surface area (TPSA) is 67.8 Å². The molecule has 0 aliphatic rings. The first-order valence-corrected chi connectivity index (χ1v) is 6.31. The zero-order valence-electron chi connectivity index (χ0n) is 11.0. The molecule has 6 heteroatoms. The van der Waals surface area contributed by atoms with Gasteiger partial charge in [0.1, 0.15) is 5.84 Å². The van der Waals surface area contributed by atoms with E-state index in [9.17, 15) is 4.39 Å². The number of halogens is 2. The van der Waals surface area contributed by atoms with Gasteiger partial charge < -0.3 is 15.7 Å². The molecule has 0 aliphatic carbocycles. The lowest BCUT2D eigenvalue weighted by molar-refractivity contribution is 0.269. The van der Waals surface area contributed by atoms with Crippen LogP contribution in [0.15, 0.2) is 23.4 Å². The van der Waals surface area contributed by atoms with Gasteiger partial charge in [0.2, 0.25) is 0 Å². The van der Waals surface area contributed by atoms with Crippen LogP contribution in [0.3, 0.4) is 0 Å². The smallest absolute Gasteiger partial charge is 0.183 e. The fraction of sp³-hybridized carbons (Fsp3) is 0.462. The molecule has 0 saturated carbocycles. The van der Waals surface area contributed by atoms with Crippen LogP contribution in [0, 0.1) is 11.2 Å². The lowest BCUT2D eigenvalue weighted by atomic mass is 9.87. The first-order valence-electron chi connectivity index (χ1n) is 5.93. The molecule has 0 saturated heterocycles. The van der Waals surface area contributed by atoms with Crippen LogP contribution in [-0.4, -0.2) is 17.6 Å². The first kappa shape index (κ1) is 15.6. The van der Waals surface area contributed by atoms with Crippen molar-refractivity contribution in [2.75, 3.05) is 6.61 Å². The van der Waals surface area contributed by atoms with E-state index >= 15 is 0 Å². The summed E-state index contributed by atoms with van der Waals surface area (Å²) in [6.45, 7) is 4.06. The highest BCUT2D eigenvalue weighted by atomic mass is 35.5. The molecule has 19 heavy (non-hydrogen) atoms. The molecule has 0 aliphatic heterocycles. The highest BCUT2D eigenvalue weighted by molar-refractivity contribution is 6.30. The molecule has 0 heterocycles. The molecule has 1 rings (SSSR count). The van der Waals surface area contributed by atoms with Crippen LogP contribution >= 0.6 is 11.6 Å². The molecule has 0 fully saturated rings. The van der Waals surface area contributed by atoms with Gasteiger partial charge >= 0.3 is 0 Å². The second kappa shape index (κ2) is 6.61. The van der Waals surface area contributed by atoms with Gasteiger partial charge in [-0.3, -0.25) is 0 Å². The first-order chi connectivity index (χ1) is 8.88. The van der Waals surface area contributed by atoms with E-state index < -0.39 is 11.2 Å². The van der Waals surface area contributed by atoms with Crippen molar-refractivity contribution in [1.29, 1.82) is 0 Å². The number of hydrogen-bond acceptors (Lipinski definition) is 3. The minimum Gasteiger partial charge on any atom is -0.490 e. The fourth-order valence-electron chi connectivity index (χ4n) is 1.56. The Kier molecular flexibility index (Phi) is 5.42. The quantitative estimate of drug-likeness (QED) is 0.277. The van der Waals surface area contributed by atoms with Crippen LogP contribution in [0.25, 0.3) is 0 Å². The van der Waals surface area contributed by atoms with Gasteiger partial charge in [0.15, 0.2) is 11.6 Å². The maximum Gasteiger partial charge on any atom is 0.183 e. The molecule has 3 N–H and O–H groups in total. The predicted octanol–water partition coefficient (Wildman–Crippen LogP) is 3.41. The van der Waals surface area contributed by atoms with Gasteiger partial charge in [-0.2, -0.15) is 0 Å². The van der Waals surface area contributed by atoms with Crippen LogP contribution in [0.1, 0.15) is 26.7 Å². The number of ether oxygens (including phenoxy) is 1. The minimum absolute atomic E-state index is 0.0366. The number of hydrogen-bond donors (Lipinski definition) is 2. The highest BCUT2D eigenvalue weighted by Crippen LogP contribution is 2.25. The Morgan fingerprint density at radius 3 is 2.84 bits per heavy atom. The molecular formula is C13H18ClFN2O2. The van der Waals surface area contributed by atoms with Crippen molar-refractivity contribution in [2.45, 2.75) is 26.7 Å². The van der Waals surface area contributed by atoms with Crippen molar-refractivity contribution in [3.8, 4) is 5.75 Å². The van der Waals surface area contributed by atoms with E-state index in [1.807, 2.05) is 13.8 Å². The zero-order valence-corrected chi connectivity index (χ0v) is 11.7. The Morgan fingerprint density at radius 1 is 1.53 bits per heavy atom. The van der Waals surface area contributed by atoms with Crippen molar-refractivity contribution in [2.24, 2.45) is 16.3 Å². The largest absolute Gasteiger partial charge is 0.490 e. The van der Waals surface area contributed by atoms with Gasteiger partial charge in [0, 0.05) is 5.41 Å². The summed E-state index contributed by atoms with van der Waals surface area (Å²) in [6, 6.07) is 4.61. The lowest BCUT2D eigenvalue weighted by Gasteiger charge is -2.22. The summed E-state index contributed by atoms with van der Waals surface area (Å²) in [5.74, 6) is -0.254. The van der Waals surface area contributed by atoms with E-state index in [4.69, 9.17) is 27.3 Å². The Labute approximate surface area is 117 Å². The summed E-state index contributed by atoms with van der Waals surface area (Å²) in [7, 11) is 0. The summed E-state index contributed by atoms with van der Waals surface area (Å²) in [5.41, 5.74) is 5.14. The Bertz CT molecular complexity index is 464. The number of oxime groups is 1. The van der Waals surface area contributed by atoms with Crippen molar-refractivity contribution >= 4 is 17.4 Å². The molecule has 0 amide bonds. The molecule has 0 atom stereocenters. The maximum atomic E-state index is 13.5. The van der Waals surface area contributed by atoms with Gasteiger partial charge in [-0.15, -0.1) is 0 Å². The third kappa shape index (κ3) is 4.28. The molecule has 0 unspecified atom stereocenters. The van der Waals surface area contributed by atoms with Gasteiger partial charge in [-0.1, -0.05) is 36.7 Å². The summed E-state index contributed by atoms with van der Waals surface area (Å²) < 4.78 is 18.8. The molecule has 1 aromatic carbocycles. The fourth-order valence-corrected chi connectivity index (χ4v) is 1.72. The molecular weight excluding hydrogens is 271 g/mol. The number of amidine groups is 1. The van der Waals surface area contributed by atoms with E-state index in [1.165, 1.54) is 12.1 Å². The molecule has 0 radical (unpaired) electrons. The summed E-state index contributed by atoms with van der Waals surface area (Å²) in [6.07, 6.45) is 1.31. The van der Waals surface area contributed by atoms with E-state index in [2.05, 4.69) is 5.16 Å². The van der Waals surface area contributed by atoms with Crippen LogP contribution in [0.2, 0.25) is 5.02 Å². The van der Waals surface area contributed by atoms with E-state index in [0.717, 1.165) is 0 Å². The number of nitrogens with two attached hydrogens (primary N) is 1. The average Bonchev–Trinajstić information content (AvgIpc) is 2.38. The second-order valence-electron chi connectivity index (χ2n) is 4.87. The monoisotopic (exact) mass is 288 g/mol. The van der Waals surface area contributed by atoms with Gasteiger partial charge in [0.05, 0.1) is 11.6 Å². The van der Waals surface area contributed by atoms with Gasteiger partial charge in [-0.05, 0) is 25.0 Å². The molecule has 1 aromatic rings. The number of rotatable bonds is 6. The Hall–Kier alpha value is -1.49. The van der Waals surface area contributed by atoms with Crippen molar-refractivity contribution < 1.29 is 14.3 Å². The van der Waals surface area contributed by atoms with Gasteiger partial charge in [0.25, 0.3) is 0 Å². The Morgan fingerprint density at radius 2 is 2.21 bits per heavy atom.